The number of carboxylic acid groups (broad SMARTS) is 1. The lowest BCUT2D eigenvalue weighted by Crippen LogP contribution is -2.38. The highest BCUT2D eigenvalue weighted by Crippen LogP contribution is 2.43. The molecular weight excluding hydrogens is 848 g/mol. The van der Waals surface area contributed by atoms with Crippen molar-refractivity contribution in [3.05, 3.63) is 141 Å². The molecule has 1 amide bonds. The van der Waals surface area contributed by atoms with Crippen LogP contribution in [0.5, 0.6) is 0 Å². The first kappa shape index (κ1) is 47.3. The Labute approximate surface area is 392 Å². The van der Waals surface area contributed by atoms with E-state index in [4.69, 9.17) is 10.5 Å². The summed E-state index contributed by atoms with van der Waals surface area (Å²) in [6, 6.07) is 28.1. The second kappa shape index (κ2) is 22.0. The van der Waals surface area contributed by atoms with E-state index in [0.29, 0.717) is 40.6 Å². The van der Waals surface area contributed by atoms with Gasteiger partial charge in [-0.3, -0.25) is 15.0 Å². The number of H-pyrrole nitrogens is 2. The van der Waals surface area contributed by atoms with E-state index in [1.165, 1.54) is 73.4 Å². The summed E-state index contributed by atoms with van der Waals surface area (Å²) < 4.78 is 0. The Kier molecular flexibility index (Phi) is 15.8. The lowest BCUT2D eigenvalue weighted by molar-refractivity contribution is 0.0692. The number of hydrogen-bond donors (Lipinski definition) is 4. The monoisotopic (exact) mass is 904 g/mol. The van der Waals surface area contributed by atoms with E-state index >= 15 is 0 Å². The molecule has 2 aliphatic heterocycles. The minimum absolute atomic E-state index is 0. The van der Waals surface area contributed by atoms with Crippen molar-refractivity contribution in [3.63, 3.8) is 0 Å². The van der Waals surface area contributed by atoms with Gasteiger partial charge >= 0.3 is 5.97 Å². The van der Waals surface area contributed by atoms with Crippen molar-refractivity contribution in [3.8, 4) is 34.9 Å². The first-order valence-corrected chi connectivity index (χ1v) is 22.9. The number of amides is 1. The second-order valence-corrected chi connectivity index (χ2v) is 17.8. The number of nitriles is 2. The zero-order valence-electron chi connectivity index (χ0n) is 37.6. The predicted molar refractivity (Wildman–Crippen MR) is 256 cm³/mol. The number of piperidine rings is 2. The Hall–Kier alpha value is -6.67. The van der Waals surface area contributed by atoms with E-state index in [9.17, 15) is 14.7 Å². The molecule has 13 nitrogen and oxygen atoms in total. The van der Waals surface area contributed by atoms with Crippen molar-refractivity contribution in [1.82, 2.24) is 40.6 Å². The summed E-state index contributed by atoms with van der Waals surface area (Å²) in [4.78, 5) is 35.3. The highest BCUT2D eigenvalue weighted by Gasteiger charge is 2.30. The molecule has 2 aliphatic carbocycles. The van der Waals surface area contributed by atoms with Gasteiger partial charge in [-0.1, -0.05) is 49.2 Å². The van der Waals surface area contributed by atoms with E-state index in [2.05, 4.69) is 66.0 Å². The first-order chi connectivity index (χ1) is 31.7. The lowest BCUT2D eigenvalue weighted by atomic mass is 9.77. The molecule has 14 heteroatoms. The molecular formula is C52H57ClN10O3. The molecule has 0 spiro atoms. The van der Waals surface area contributed by atoms with Crippen molar-refractivity contribution >= 4 is 24.3 Å². The molecule has 0 radical (unpaired) electrons. The largest absolute Gasteiger partial charge is 0.478 e. The highest BCUT2D eigenvalue weighted by atomic mass is 35.5. The van der Waals surface area contributed by atoms with E-state index in [-0.39, 0.29) is 18.3 Å². The topological polar surface area (TPSA) is 200 Å². The quantitative estimate of drug-likeness (QED) is 0.114. The molecule has 0 bridgehead atoms. The zero-order chi connectivity index (χ0) is 45.3. The second-order valence-electron chi connectivity index (χ2n) is 17.8. The summed E-state index contributed by atoms with van der Waals surface area (Å²) in [5.41, 5.74) is 11.3. The summed E-state index contributed by atoms with van der Waals surface area (Å²) in [6.45, 7) is 7.60. The van der Waals surface area contributed by atoms with Crippen LogP contribution in [0.4, 0.5) is 0 Å². The number of rotatable bonds is 8. The van der Waals surface area contributed by atoms with Gasteiger partial charge in [0.15, 0.2) is 11.6 Å². The van der Waals surface area contributed by atoms with Crippen molar-refractivity contribution in [2.24, 2.45) is 0 Å². The molecule has 2 aromatic heterocycles. The molecule has 4 aliphatic rings. The van der Waals surface area contributed by atoms with Gasteiger partial charge in [0, 0.05) is 29.8 Å². The van der Waals surface area contributed by atoms with Gasteiger partial charge in [-0.25, -0.2) is 14.8 Å². The molecule has 4 fully saturated rings. The van der Waals surface area contributed by atoms with Crippen LogP contribution in [0.25, 0.3) is 22.8 Å². The molecule has 4 N–H and O–H groups in total. The van der Waals surface area contributed by atoms with Crippen LogP contribution < -0.4 is 5.32 Å². The number of benzene rings is 4. The maximum absolute atomic E-state index is 13.5. The van der Waals surface area contributed by atoms with Crippen LogP contribution in [-0.4, -0.2) is 78.4 Å². The molecule has 0 atom stereocenters. The van der Waals surface area contributed by atoms with E-state index in [1.807, 2.05) is 67.3 Å². The van der Waals surface area contributed by atoms with Crippen LogP contribution in [0, 0.1) is 36.5 Å². The average Bonchev–Trinajstić information content (AvgIpc) is 4.05. The first-order valence-electron chi connectivity index (χ1n) is 22.9. The number of nitrogens with one attached hydrogen (secondary N) is 3. The van der Waals surface area contributed by atoms with Crippen molar-refractivity contribution < 1.29 is 14.7 Å². The van der Waals surface area contributed by atoms with E-state index in [1.54, 1.807) is 6.07 Å². The van der Waals surface area contributed by atoms with Gasteiger partial charge in [-0.05, 0) is 172 Å². The summed E-state index contributed by atoms with van der Waals surface area (Å²) in [7, 11) is 0. The van der Waals surface area contributed by atoms with Crippen molar-refractivity contribution in [2.45, 2.75) is 102 Å². The molecule has 4 aromatic carbocycles. The molecule has 10 rings (SSSR count). The van der Waals surface area contributed by atoms with Crippen LogP contribution >= 0.6 is 12.4 Å². The highest BCUT2D eigenvalue weighted by molar-refractivity contribution is 5.97. The SMILES string of the molecule is Cc1cc(C2CCC2)c(-c2ncn[nH]2)cc1C(=O)N1CCC(c2ccc(C#N)cc2)CC1.Cc1cc(C2CCC2)c(-c2ncn[nH]2)cc1C(=O)O.Cl.N#Cc1ccc(C2CCNCC2)cc1. The van der Waals surface area contributed by atoms with Crippen molar-refractivity contribution in [1.29, 1.82) is 10.5 Å². The molecule has 2 saturated carbocycles. The van der Waals surface area contributed by atoms with Gasteiger partial charge in [0.2, 0.25) is 0 Å². The van der Waals surface area contributed by atoms with Crippen LogP contribution in [0.15, 0.2) is 85.5 Å². The van der Waals surface area contributed by atoms with Crippen LogP contribution in [0.2, 0.25) is 0 Å². The number of halogens is 1. The molecule has 2 saturated heterocycles. The number of aromatic nitrogens is 6. The fourth-order valence-corrected chi connectivity index (χ4v) is 9.52. The number of likely N-dealkylation sites (tertiary alicyclic amines) is 1. The minimum atomic E-state index is -0.904. The summed E-state index contributed by atoms with van der Waals surface area (Å²) in [5.74, 6) is 2.75. The lowest BCUT2D eigenvalue weighted by Gasteiger charge is -2.33. The number of nitrogens with zero attached hydrogens (tertiary/aromatic N) is 7. The number of aromatic amines is 2. The van der Waals surface area contributed by atoms with Crippen LogP contribution in [-0.2, 0) is 0 Å². The summed E-state index contributed by atoms with van der Waals surface area (Å²) >= 11 is 0. The fraction of sp³-hybridized carbons (Fsp3) is 0.385. The number of carbonyl (C=O) groups is 2. The third kappa shape index (κ3) is 10.9. The van der Waals surface area contributed by atoms with Gasteiger partial charge in [-0.15, -0.1) is 12.4 Å². The molecule has 66 heavy (non-hydrogen) atoms. The normalized spacial score (nSPS) is 16.4. The average molecular weight is 906 g/mol. The third-order valence-electron chi connectivity index (χ3n) is 13.8. The Morgan fingerprint density at radius 1 is 0.621 bits per heavy atom. The van der Waals surface area contributed by atoms with Gasteiger partial charge in [-0.2, -0.15) is 20.7 Å². The predicted octanol–water partition coefficient (Wildman–Crippen LogP) is 10.1. The van der Waals surface area contributed by atoms with Crippen LogP contribution in [0.1, 0.15) is 153 Å². The molecule has 0 unspecified atom stereocenters. The number of aromatic carboxylic acids is 1. The van der Waals surface area contributed by atoms with E-state index < -0.39 is 5.97 Å². The zero-order valence-corrected chi connectivity index (χ0v) is 38.4. The molecule has 6 aromatic rings. The van der Waals surface area contributed by atoms with Gasteiger partial charge in [0.25, 0.3) is 5.91 Å². The maximum Gasteiger partial charge on any atom is 0.335 e. The summed E-state index contributed by atoms with van der Waals surface area (Å²) in [5, 5.41) is 44.0. The number of hydrogen-bond acceptors (Lipinski definition) is 9. The minimum Gasteiger partial charge on any atom is -0.478 e. The Morgan fingerprint density at radius 2 is 1.06 bits per heavy atom. The molecule has 4 heterocycles. The molecule has 340 valence electrons. The summed E-state index contributed by atoms with van der Waals surface area (Å²) in [6.07, 6.45) is 14.5. The number of aryl methyl sites for hydroxylation is 2. The standard InChI is InChI=1S/C26H27N5O.C14H15N3O2.C12H14N2.ClH/c1-17-13-23(21-3-2-4-21)24(25-28-16-29-30-25)14-22(17)26(32)31-11-9-20(10-12-31)19-7-5-18(15-27)6-8-19;1-8-5-11(9-3-2-4-9)12(6-10(8)14(18)19)13-15-7-16-17-13;13-9-10-1-3-11(4-2-10)12-5-7-14-8-6-12;/h5-8,13-14,16,20-21H,2-4,9-12H2,1H3,(H,28,29,30);5-7,9H,2-4H2,1H3,(H,18,19)(H,15,16,17);1-4,12,14H,5-8H2;1H. The van der Waals surface area contributed by atoms with Gasteiger partial charge in [0.1, 0.15) is 12.7 Å². The van der Waals surface area contributed by atoms with Gasteiger partial charge in [0.05, 0.1) is 28.8 Å². The third-order valence-corrected chi connectivity index (χ3v) is 13.8. The smallest absolute Gasteiger partial charge is 0.335 e. The Balaban J connectivity index is 0.000000161. The van der Waals surface area contributed by atoms with Crippen LogP contribution in [0.3, 0.4) is 0 Å². The number of carbonyl (C=O) groups excluding carboxylic acids is 1. The van der Waals surface area contributed by atoms with E-state index in [0.717, 1.165) is 91.1 Å². The van der Waals surface area contributed by atoms with Crippen molar-refractivity contribution in [2.75, 3.05) is 26.2 Å². The number of carboxylic acids is 1. The Bertz CT molecular complexity index is 2650. The fourth-order valence-electron chi connectivity index (χ4n) is 9.52. The van der Waals surface area contributed by atoms with Gasteiger partial charge < -0.3 is 15.3 Å². The Morgan fingerprint density at radius 3 is 1.45 bits per heavy atom. The maximum atomic E-state index is 13.5.